The fraction of sp³-hybridized carbons (Fsp3) is 0.900. The Hall–Kier alpha value is 0.170. The Balaban J connectivity index is 1.78. The van der Waals surface area contributed by atoms with E-state index >= 15 is 0 Å². The maximum atomic E-state index is 4.48. The highest BCUT2D eigenvalue weighted by atomic mass is 32.2. The third-order valence-corrected chi connectivity index (χ3v) is 5.51. The summed E-state index contributed by atoms with van der Waals surface area (Å²) in [5, 5.41) is 4.68. The predicted octanol–water partition coefficient (Wildman–Crippen LogP) is 2.35. The summed E-state index contributed by atoms with van der Waals surface area (Å²) >= 11 is 3.90. The normalized spacial score (nSPS) is 25.1. The smallest absolute Gasteiger partial charge is 0.156 e. The van der Waals surface area contributed by atoms with E-state index in [9.17, 15) is 0 Å². The van der Waals surface area contributed by atoms with E-state index in [1.165, 1.54) is 36.6 Å². The van der Waals surface area contributed by atoms with Crippen molar-refractivity contribution < 1.29 is 0 Å². The van der Waals surface area contributed by atoms with Gasteiger partial charge in [0.1, 0.15) is 0 Å². The van der Waals surface area contributed by atoms with Crippen LogP contribution in [-0.4, -0.2) is 35.0 Å². The molecule has 0 spiro atoms. The van der Waals surface area contributed by atoms with Gasteiger partial charge in [-0.15, -0.1) is 0 Å². The van der Waals surface area contributed by atoms with E-state index in [2.05, 4.69) is 16.6 Å². The van der Waals surface area contributed by atoms with Crippen LogP contribution in [0.5, 0.6) is 0 Å². The van der Waals surface area contributed by atoms with Crippen LogP contribution in [0, 0.1) is 0 Å². The molecule has 1 heterocycles. The number of nitrogens with one attached hydrogen (secondary N) is 1. The number of hydrogen-bond donors (Lipinski definition) is 1. The Morgan fingerprint density at radius 1 is 1.50 bits per heavy atom. The van der Waals surface area contributed by atoms with Gasteiger partial charge in [0, 0.05) is 23.6 Å². The summed E-state index contributed by atoms with van der Waals surface area (Å²) in [7, 11) is 0. The monoisotopic (exact) mass is 230 g/mol. The minimum absolute atomic E-state index is 0.528. The first-order chi connectivity index (χ1) is 6.85. The molecule has 0 aromatic rings. The molecular formula is C10H18N2S2. The summed E-state index contributed by atoms with van der Waals surface area (Å²) in [6, 6.07) is 0. The van der Waals surface area contributed by atoms with Crippen molar-refractivity contribution in [2.24, 2.45) is 4.99 Å². The Morgan fingerprint density at radius 3 is 2.86 bits per heavy atom. The first kappa shape index (κ1) is 10.7. The number of rotatable bonds is 3. The minimum Gasteiger partial charge on any atom is -0.364 e. The summed E-state index contributed by atoms with van der Waals surface area (Å²) in [6.45, 7) is 2.13. The van der Waals surface area contributed by atoms with Gasteiger partial charge < -0.3 is 5.32 Å². The van der Waals surface area contributed by atoms with Crippen molar-refractivity contribution >= 4 is 28.7 Å². The maximum absolute atomic E-state index is 4.48. The van der Waals surface area contributed by atoms with Crippen molar-refractivity contribution in [1.29, 1.82) is 0 Å². The van der Waals surface area contributed by atoms with Gasteiger partial charge in [-0.2, -0.15) is 11.8 Å². The van der Waals surface area contributed by atoms with Crippen LogP contribution in [0.4, 0.5) is 0 Å². The van der Waals surface area contributed by atoms with Crippen LogP contribution >= 0.6 is 23.5 Å². The molecule has 0 saturated heterocycles. The second kappa shape index (κ2) is 4.79. The molecule has 0 radical (unpaired) electrons. The first-order valence-corrected chi connectivity index (χ1v) is 7.52. The van der Waals surface area contributed by atoms with E-state index in [1.54, 1.807) is 0 Å². The van der Waals surface area contributed by atoms with E-state index in [0.717, 1.165) is 13.1 Å². The van der Waals surface area contributed by atoms with Gasteiger partial charge in [-0.25, -0.2) is 0 Å². The molecule has 0 aromatic heterocycles. The summed E-state index contributed by atoms with van der Waals surface area (Å²) in [6.07, 6.45) is 7.63. The Bertz CT molecular complexity index is 219. The highest BCUT2D eigenvalue weighted by Gasteiger charge is 2.36. The molecule has 0 amide bonds. The van der Waals surface area contributed by atoms with E-state index in [0.29, 0.717) is 4.75 Å². The molecule has 80 valence electrons. The molecule has 1 fully saturated rings. The lowest BCUT2D eigenvalue weighted by Gasteiger charge is -2.40. The van der Waals surface area contributed by atoms with Crippen LogP contribution in [0.15, 0.2) is 4.99 Å². The lowest BCUT2D eigenvalue weighted by molar-refractivity contribution is 0.362. The van der Waals surface area contributed by atoms with Crippen LogP contribution < -0.4 is 5.32 Å². The van der Waals surface area contributed by atoms with Gasteiger partial charge in [0.05, 0.1) is 0 Å². The zero-order valence-corrected chi connectivity index (χ0v) is 10.3. The average Bonchev–Trinajstić information content (AvgIpc) is 2.19. The molecular weight excluding hydrogens is 212 g/mol. The SMILES string of the molecule is CSC1(CNC2=NCCCS2)CCC1. The first-order valence-electron chi connectivity index (χ1n) is 5.31. The van der Waals surface area contributed by atoms with Gasteiger partial charge in [0.15, 0.2) is 5.17 Å². The lowest BCUT2D eigenvalue weighted by Crippen LogP contribution is -2.45. The molecule has 2 rings (SSSR count). The second-order valence-corrected chi connectivity index (χ2v) is 6.34. The molecule has 0 unspecified atom stereocenters. The fourth-order valence-electron chi connectivity index (χ4n) is 1.83. The quantitative estimate of drug-likeness (QED) is 0.805. The molecule has 1 aliphatic carbocycles. The summed E-state index contributed by atoms with van der Waals surface area (Å²) in [4.78, 5) is 4.48. The van der Waals surface area contributed by atoms with E-state index in [-0.39, 0.29) is 0 Å². The van der Waals surface area contributed by atoms with Crippen LogP contribution in [0.1, 0.15) is 25.7 Å². The van der Waals surface area contributed by atoms with Gasteiger partial charge in [0.25, 0.3) is 0 Å². The standard InChI is InChI=1S/C10H18N2S2/c1-13-10(4-2-5-10)8-12-9-11-6-3-7-14-9/h2-8H2,1H3,(H,11,12). The third-order valence-electron chi connectivity index (χ3n) is 3.06. The van der Waals surface area contributed by atoms with Crippen LogP contribution in [0.3, 0.4) is 0 Å². The molecule has 0 atom stereocenters. The van der Waals surface area contributed by atoms with Gasteiger partial charge in [0.2, 0.25) is 0 Å². The molecule has 2 nitrogen and oxygen atoms in total. The molecule has 4 heteroatoms. The fourth-order valence-corrected chi connectivity index (χ4v) is 3.56. The largest absolute Gasteiger partial charge is 0.364 e. The highest BCUT2D eigenvalue weighted by Crippen LogP contribution is 2.42. The average molecular weight is 230 g/mol. The molecule has 14 heavy (non-hydrogen) atoms. The summed E-state index contributed by atoms with van der Waals surface area (Å²) in [5.41, 5.74) is 0. The summed E-state index contributed by atoms with van der Waals surface area (Å²) < 4.78 is 0.528. The van der Waals surface area contributed by atoms with Crippen LogP contribution in [-0.2, 0) is 0 Å². The molecule has 1 aliphatic heterocycles. The molecule has 0 bridgehead atoms. The van der Waals surface area contributed by atoms with Crippen molar-refractivity contribution in [2.75, 3.05) is 25.1 Å². The van der Waals surface area contributed by atoms with Crippen molar-refractivity contribution in [3.63, 3.8) is 0 Å². The third kappa shape index (κ3) is 2.40. The maximum Gasteiger partial charge on any atom is 0.156 e. The van der Waals surface area contributed by atoms with E-state index < -0.39 is 0 Å². The second-order valence-electron chi connectivity index (χ2n) is 3.98. The highest BCUT2D eigenvalue weighted by molar-refractivity contribution is 8.13. The van der Waals surface area contributed by atoms with Crippen molar-refractivity contribution in [2.45, 2.75) is 30.4 Å². The van der Waals surface area contributed by atoms with Gasteiger partial charge in [-0.1, -0.05) is 18.2 Å². The van der Waals surface area contributed by atoms with Gasteiger partial charge in [-0.3, -0.25) is 4.99 Å². The Labute approximate surface area is 94.7 Å². The van der Waals surface area contributed by atoms with E-state index in [1.807, 2.05) is 23.5 Å². The summed E-state index contributed by atoms with van der Waals surface area (Å²) in [5.74, 6) is 1.23. The van der Waals surface area contributed by atoms with Gasteiger partial charge in [-0.05, 0) is 25.5 Å². The number of thioether (sulfide) groups is 2. The molecule has 1 N–H and O–H groups in total. The lowest BCUT2D eigenvalue weighted by atomic mass is 9.84. The molecule has 1 saturated carbocycles. The number of aliphatic imine (C=N–C) groups is 1. The molecule has 2 aliphatic rings. The topological polar surface area (TPSA) is 24.4 Å². The minimum atomic E-state index is 0.528. The zero-order chi connectivity index (χ0) is 9.86. The van der Waals surface area contributed by atoms with E-state index in [4.69, 9.17) is 0 Å². The van der Waals surface area contributed by atoms with Crippen molar-refractivity contribution in [3.8, 4) is 0 Å². The van der Waals surface area contributed by atoms with Crippen molar-refractivity contribution in [1.82, 2.24) is 5.32 Å². The Morgan fingerprint density at radius 2 is 2.36 bits per heavy atom. The number of nitrogens with zero attached hydrogens (tertiary/aromatic N) is 1. The van der Waals surface area contributed by atoms with Gasteiger partial charge >= 0.3 is 0 Å². The number of amidine groups is 1. The Kier molecular flexibility index (Phi) is 3.66. The van der Waals surface area contributed by atoms with Crippen LogP contribution in [0.25, 0.3) is 0 Å². The predicted molar refractivity (Wildman–Crippen MR) is 67.5 cm³/mol. The number of hydrogen-bond acceptors (Lipinski definition) is 4. The molecule has 0 aromatic carbocycles. The van der Waals surface area contributed by atoms with Crippen molar-refractivity contribution in [3.05, 3.63) is 0 Å². The van der Waals surface area contributed by atoms with Crippen LogP contribution in [0.2, 0.25) is 0 Å². The zero-order valence-electron chi connectivity index (χ0n) is 8.71.